The molecule has 3 N–H and O–H groups in total. The number of rotatable bonds is 6. The van der Waals surface area contributed by atoms with Crippen LogP contribution in [0.5, 0.6) is 5.75 Å². The Bertz CT molecular complexity index is 479. The number of aliphatic hydroxyl groups is 1. The highest BCUT2D eigenvalue weighted by Gasteiger charge is 2.19. The quantitative estimate of drug-likeness (QED) is 0.853. The van der Waals surface area contributed by atoms with Gasteiger partial charge in [-0.05, 0) is 42.5 Å². The van der Waals surface area contributed by atoms with Gasteiger partial charge in [0.2, 0.25) is 0 Å². The Morgan fingerprint density at radius 1 is 1.26 bits per heavy atom. The van der Waals surface area contributed by atoms with Gasteiger partial charge in [0.25, 0.3) is 0 Å². The minimum Gasteiger partial charge on any atom is -0.483 e. The number of hydrogen-bond acceptors (Lipinski definition) is 4. The van der Waals surface area contributed by atoms with Gasteiger partial charge in [-0.15, -0.1) is 11.3 Å². The fourth-order valence-electron chi connectivity index (χ4n) is 1.89. The molecule has 2 aromatic rings. The smallest absolute Gasteiger partial charge is 0.148 e. The number of nitrogens with two attached hydrogens (primary N) is 1. The molecule has 3 nitrogen and oxygen atoms in total. The van der Waals surface area contributed by atoms with E-state index in [9.17, 15) is 0 Å². The molecule has 0 fully saturated rings. The second kappa shape index (κ2) is 6.70. The van der Waals surface area contributed by atoms with Crippen molar-refractivity contribution in [3.8, 4) is 5.75 Å². The first kappa shape index (κ1) is 14.1. The van der Waals surface area contributed by atoms with Crippen LogP contribution in [0.25, 0.3) is 0 Å². The predicted molar refractivity (Wildman–Crippen MR) is 78.6 cm³/mol. The maximum absolute atomic E-state index is 8.89. The Morgan fingerprint density at radius 3 is 2.53 bits per heavy atom. The molecule has 102 valence electrons. The van der Waals surface area contributed by atoms with Crippen molar-refractivity contribution in [3.63, 3.8) is 0 Å². The van der Waals surface area contributed by atoms with Crippen molar-refractivity contribution in [1.82, 2.24) is 0 Å². The second-order valence-electron chi connectivity index (χ2n) is 4.53. The molecule has 2 unspecified atom stereocenters. The zero-order chi connectivity index (χ0) is 13.7. The molecule has 2 atom stereocenters. The molecule has 0 aliphatic carbocycles. The molecule has 19 heavy (non-hydrogen) atoms. The average Bonchev–Trinajstić information content (AvgIpc) is 2.91. The highest BCUT2D eigenvalue weighted by molar-refractivity contribution is 7.10. The average molecular weight is 277 g/mol. The van der Waals surface area contributed by atoms with Crippen LogP contribution < -0.4 is 10.5 Å². The summed E-state index contributed by atoms with van der Waals surface area (Å²) in [6.07, 6.45) is 0.547. The highest BCUT2D eigenvalue weighted by Crippen LogP contribution is 2.27. The standard InChI is InChI=1S/C15H19NO2S/c1-11(16)15(14-3-2-10-19-14)18-13-6-4-12(5-7-13)8-9-17/h2-7,10-11,15,17H,8-9,16H2,1H3. The summed E-state index contributed by atoms with van der Waals surface area (Å²) in [7, 11) is 0. The molecule has 4 heteroatoms. The summed E-state index contributed by atoms with van der Waals surface area (Å²) in [6, 6.07) is 11.8. The monoisotopic (exact) mass is 277 g/mol. The molecule has 1 heterocycles. The molecule has 0 saturated carbocycles. The first-order valence-electron chi connectivity index (χ1n) is 6.36. The van der Waals surface area contributed by atoms with Crippen molar-refractivity contribution in [2.24, 2.45) is 5.73 Å². The lowest BCUT2D eigenvalue weighted by Crippen LogP contribution is -2.28. The molecule has 1 aromatic carbocycles. The van der Waals surface area contributed by atoms with E-state index in [2.05, 4.69) is 0 Å². The van der Waals surface area contributed by atoms with Gasteiger partial charge in [0.05, 0.1) is 0 Å². The van der Waals surface area contributed by atoms with Crippen LogP contribution in [0.4, 0.5) is 0 Å². The molecule has 0 radical (unpaired) electrons. The Hall–Kier alpha value is -1.36. The largest absolute Gasteiger partial charge is 0.483 e. The van der Waals surface area contributed by atoms with Crippen LogP contribution in [-0.4, -0.2) is 17.8 Å². The van der Waals surface area contributed by atoms with E-state index in [-0.39, 0.29) is 18.8 Å². The summed E-state index contributed by atoms with van der Waals surface area (Å²) < 4.78 is 5.98. The van der Waals surface area contributed by atoms with E-state index in [1.165, 1.54) is 0 Å². The molecule has 0 aliphatic heterocycles. The summed E-state index contributed by atoms with van der Waals surface area (Å²) in [6.45, 7) is 2.11. The molecule has 0 saturated heterocycles. The predicted octanol–water partition coefficient (Wildman–Crippen LogP) is 2.75. The van der Waals surface area contributed by atoms with Gasteiger partial charge in [-0.1, -0.05) is 18.2 Å². The lowest BCUT2D eigenvalue weighted by Gasteiger charge is -2.21. The van der Waals surface area contributed by atoms with Crippen LogP contribution >= 0.6 is 11.3 Å². The zero-order valence-electron chi connectivity index (χ0n) is 11.0. The minimum absolute atomic E-state index is 0.0734. The van der Waals surface area contributed by atoms with Crippen LogP contribution in [0, 0.1) is 0 Å². The van der Waals surface area contributed by atoms with Crippen LogP contribution in [0.2, 0.25) is 0 Å². The Balaban J connectivity index is 2.09. The third-order valence-electron chi connectivity index (χ3n) is 2.89. The fraction of sp³-hybridized carbons (Fsp3) is 0.333. The van der Waals surface area contributed by atoms with Crippen LogP contribution in [-0.2, 0) is 6.42 Å². The van der Waals surface area contributed by atoms with Gasteiger partial charge >= 0.3 is 0 Å². The van der Waals surface area contributed by atoms with Crippen molar-refractivity contribution < 1.29 is 9.84 Å². The van der Waals surface area contributed by atoms with Crippen LogP contribution in [0.1, 0.15) is 23.5 Å². The van der Waals surface area contributed by atoms with Crippen molar-refractivity contribution in [2.75, 3.05) is 6.61 Å². The van der Waals surface area contributed by atoms with Gasteiger partial charge in [-0.2, -0.15) is 0 Å². The van der Waals surface area contributed by atoms with Gasteiger partial charge in [0, 0.05) is 17.5 Å². The summed E-state index contributed by atoms with van der Waals surface area (Å²) in [5.74, 6) is 0.803. The number of hydrogen-bond donors (Lipinski definition) is 2. The van der Waals surface area contributed by atoms with Gasteiger partial charge in [0.15, 0.2) is 0 Å². The zero-order valence-corrected chi connectivity index (χ0v) is 11.8. The summed E-state index contributed by atoms with van der Waals surface area (Å²) >= 11 is 1.65. The van der Waals surface area contributed by atoms with Gasteiger partial charge in [-0.25, -0.2) is 0 Å². The summed E-state index contributed by atoms with van der Waals surface area (Å²) in [4.78, 5) is 1.13. The SMILES string of the molecule is CC(N)C(Oc1ccc(CCO)cc1)c1cccs1. The number of aliphatic hydroxyl groups excluding tert-OH is 1. The third-order valence-corrected chi connectivity index (χ3v) is 3.82. The van der Waals surface area contributed by atoms with Crippen molar-refractivity contribution in [1.29, 1.82) is 0 Å². The lowest BCUT2D eigenvalue weighted by atomic mass is 10.1. The molecule has 1 aromatic heterocycles. The Morgan fingerprint density at radius 2 is 2.00 bits per heavy atom. The van der Waals surface area contributed by atoms with E-state index in [1.807, 2.05) is 48.7 Å². The van der Waals surface area contributed by atoms with Gasteiger partial charge in [0.1, 0.15) is 11.9 Å². The van der Waals surface area contributed by atoms with Gasteiger partial charge < -0.3 is 15.6 Å². The number of ether oxygens (including phenoxy) is 1. The molecule has 0 aliphatic rings. The van der Waals surface area contributed by atoms with Crippen LogP contribution in [0.15, 0.2) is 41.8 Å². The van der Waals surface area contributed by atoms with Crippen molar-refractivity contribution in [3.05, 3.63) is 52.2 Å². The highest BCUT2D eigenvalue weighted by atomic mass is 32.1. The van der Waals surface area contributed by atoms with E-state index in [0.29, 0.717) is 6.42 Å². The van der Waals surface area contributed by atoms with Crippen molar-refractivity contribution >= 4 is 11.3 Å². The molecule has 2 rings (SSSR count). The van der Waals surface area contributed by atoms with E-state index in [1.54, 1.807) is 11.3 Å². The Labute approximate surface area is 117 Å². The van der Waals surface area contributed by atoms with Gasteiger partial charge in [-0.3, -0.25) is 0 Å². The van der Waals surface area contributed by atoms with Crippen LogP contribution in [0.3, 0.4) is 0 Å². The topological polar surface area (TPSA) is 55.5 Å². The first-order chi connectivity index (χ1) is 9.20. The summed E-state index contributed by atoms with van der Waals surface area (Å²) in [5, 5.41) is 10.9. The van der Waals surface area contributed by atoms with E-state index in [4.69, 9.17) is 15.6 Å². The first-order valence-corrected chi connectivity index (χ1v) is 7.24. The Kier molecular flexibility index (Phi) is 4.96. The lowest BCUT2D eigenvalue weighted by molar-refractivity contribution is 0.184. The maximum Gasteiger partial charge on any atom is 0.148 e. The van der Waals surface area contributed by atoms with E-state index in [0.717, 1.165) is 16.2 Å². The molecular weight excluding hydrogens is 258 g/mol. The summed E-state index contributed by atoms with van der Waals surface area (Å²) in [5.41, 5.74) is 7.10. The van der Waals surface area contributed by atoms with E-state index >= 15 is 0 Å². The second-order valence-corrected chi connectivity index (χ2v) is 5.51. The number of thiophene rings is 1. The normalized spacial score (nSPS) is 14.1. The molecular formula is C15H19NO2S. The molecule has 0 spiro atoms. The third kappa shape index (κ3) is 3.80. The number of benzene rings is 1. The maximum atomic E-state index is 8.89. The van der Waals surface area contributed by atoms with E-state index < -0.39 is 0 Å². The minimum atomic E-state index is -0.122. The fourth-order valence-corrected chi connectivity index (χ4v) is 2.76. The molecule has 0 bridgehead atoms. The molecule has 0 amide bonds. The van der Waals surface area contributed by atoms with Crippen molar-refractivity contribution in [2.45, 2.75) is 25.5 Å².